The summed E-state index contributed by atoms with van der Waals surface area (Å²) in [4.78, 5) is 23.5. The van der Waals surface area contributed by atoms with Crippen LogP contribution in [0.4, 0.5) is 45.2 Å². The summed E-state index contributed by atoms with van der Waals surface area (Å²) in [7, 11) is -3.52. The molecule has 1 saturated heterocycles. The summed E-state index contributed by atoms with van der Waals surface area (Å²) in [6, 6.07) is 1.39. The van der Waals surface area contributed by atoms with Gasteiger partial charge in [-0.05, 0) is 31.9 Å². The minimum absolute atomic E-state index is 0.116. The minimum Gasteiger partial charge on any atom is -0.464 e. The largest absolute Gasteiger partial charge is 0.490 e. The number of benzene rings is 1. The predicted octanol–water partition coefficient (Wildman–Crippen LogP) is 4.03. The van der Waals surface area contributed by atoms with E-state index in [1.54, 1.807) is 0 Å². The third-order valence-electron chi connectivity index (χ3n) is 5.30. The van der Waals surface area contributed by atoms with Gasteiger partial charge in [-0.15, -0.1) is 0 Å². The summed E-state index contributed by atoms with van der Waals surface area (Å²) in [6.45, 7) is 1.31. The zero-order valence-corrected chi connectivity index (χ0v) is 18.9. The van der Waals surface area contributed by atoms with Gasteiger partial charge in [0.2, 0.25) is 0 Å². The summed E-state index contributed by atoms with van der Waals surface area (Å²) in [5.74, 6) is -5.60. The van der Waals surface area contributed by atoms with Crippen LogP contribution in [0, 0.1) is 0 Å². The van der Waals surface area contributed by atoms with Gasteiger partial charge >= 0.3 is 36.1 Å². The highest BCUT2D eigenvalue weighted by Gasteiger charge is 2.76. The second kappa shape index (κ2) is 9.63. The molecule has 1 aliphatic heterocycles. The van der Waals surface area contributed by atoms with Gasteiger partial charge in [-0.2, -0.15) is 39.5 Å². The molecule has 2 rings (SSSR count). The lowest BCUT2D eigenvalue weighted by molar-refractivity contribution is -0.382. The Morgan fingerprint density at radius 3 is 1.78 bits per heavy atom. The van der Waals surface area contributed by atoms with Crippen molar-refractivity contribution in [2.24, 2.45) is 0 Å². The summed E-state index contributed by atoms with van der Waals surface area (Å²) < 4.78 is 151. The molecule has 36 heavy (non-hydrogen) atoms. The Morgan fingerprint density at radius 2 is 1.39 bits per heavy atom. The molecule has 7 nitrogen and oxygen atoms in total. The van der Waals surface area contributed by atoms with E-state index < -0.39 is 68.5 Å². The fraction of sp³-hybridized carbons (Fsp3) is 0.579. The molecule has 0 amide bonds. The van der Waals surface area contributed by atoms with E-state index in [1.807, 2.05) is 0 Å². The molecule has 1 heterocycles. The molecular weight excluding hydrogens is 541 g/mol. The van der Waals surface area contributed by atoms with Crippen LogP contribution in [0.3, 0.4) is 0 Å². The van der Waals surface area contributed by atoms with E-state index in [-0.39, 0.29) is 37.3 Å². The monoisotopic (exact) mass is 559 g/mol. The highest BCUT2D eigenvalue weighted by molar-refractivity contribution is 7.91. The fourth-order valence-corrected chi connectivity index (χ4v) is 4.98. The molecule has 17 heteroatoms. The number of rotatable bonds is 6. The Kier molecular flexibility index (Phi) is 7.89. The van der Waals surface area contributed by atoms with Crippen LogP contribution in [0.5, 0.6) is 0 Å². The molecule has 1 aliphatic rings. The van der Waals surface area contributed by atoms with Crippen LogP contribution in [-0.4, -0.2) is 62.5 Å². The van der Waals surface area contributed by atoms with E-state index in [9.17, 15) is 57.5 Å². The zero-order valence-electron chi connectivity index (χ0n) is 18.1. The van der Waals surface area contributed by atoms with Gasteiger partial charge in [0.1, 0.15) is 5.54 Å². The molecule has 0 saturated carbocycles. The first-order valence-electron chi connectivity index (χ1n) is 9.91. The SMILES string of the molecule is CCOC(=O)C1(Nc2ccc(C(OC(=O)C(F)(F)F)(C(F)(F)F)C(F)(F)F)cc2)CCS(=O)(=O)CC1. The number of anilines is 1. The third-order valence-corrected chi connectivity index (χ3v) is 6.95. The van der Waals surface area contributed by atoms with Crippen LogP contribution in [0.25, 0.3) is 0 Å². The Hall–Kier alpha value is -2.72. The second-order valence-electron chi connectivity index (χ2n) is 7.72. The van der Waals surface area contributed by atoms with Crippen LogP contribution in [-0.2, 0) is 34.5 Å². The number of alkyl halides is 9. The molecule has 0 aromatic heterocycles. The fourth-order valence-electron chi connectivity index (χ4n) is 3.46. The maximum Gasteiger partial charge on any atom is 0.490 e. The van der Waals surface area contributed by atoms with Crippen molar-refractivity contribution in [3.8, 4) is 0 Å². The smallest absolute Gasteiger partial charge is 0.464 e. The van der Waals surface area contributed by atoms with Crippen molar-refractivity contribution >= 4 is 27.5 Å². The van der Waals surface area contributed by atoms with Crippen molar-refractivity contribution in [1.29, 1.82) is 0 Å². The first-order valence-corrected chi connectivity index (χ1v) is 11.7. The lowest BCUT2D eigenvalue weighted by Crippen LogP contribution is -2.58. The lowest BCUT2D eigenvalue weighted by atomic mass is 9.90. The zero-order chi connectivity index (χ0) is 27.8. The molecule has 0 spiro atoms. The molecular formula is C19H18F9NO6S. The van der Waals surface area contributed by atoms with Gasteiger partial charge in [0.25, 0.3) is 0 Å². The van der Waals surface area contributed by atoms with E-state index in [0.29, 0.717) is 12.1 Å². The average Bonchev–Trinajstić information content (AvgIpc) is 2.72. The first kappa shape index (κ1) is 29.5. The van der Waals surface area contributed by atoms with Crippen LogP contribution in [0.2, 0.25) is 0 Å². The molecule has 0 bridgehead atoms. The van der Waals surface area contributed by atoms with E-state index in [2.05, 4.69) is 10.1 Å². The quantitative estimate of drug-likeness (QED) is 0.415. The van der Waals surface area contributed by atoms with E-state index in [4.69, 9.17) is 4.74 Å². The van der Waals surface area contributed by atoms with Crippen LogP contribution >= 0.6 is 0 Å². The molecule has 1 aromatic rings. The van der Waals surface area contributed by atoms with Crippen molar-refractivity contribution in [2.45, 2.75) is 49.4 Å². The van der Waals surface area contributed by atoms with E-state index >= 15 is 0 Å². The summed E-state index contributed by atoms with van der Waals surface area (Å²) >= 11 is 0. The Bertz CT molecular complexity index is 1050. The number of halogens is 9. The number of ether oxygens (including phenoxy) is 2. The minimum atomic E-state index is -6.56. The van der Waals surface area contributed by atoms with Crippen molar-refractivity contribution < 1.29 is 67.0 Å². The van der Waals surface area contributed by atoms with Crippen molar-refractivity contribution in [3.05, 3.63) is 29.8 Å². The molecule has 0 atom stereocenters. The van der Waals surface area contributed by atoms with Crippen molar-refractivity contribution in [3.63, 3.8) is 0 Å². The second-order valence-corrected chi connectivity index (χ2v) is 10.0. The van der Waals surface area contributed by atoms with Crippen molar-refractivity contribution in [2.75, 3.05) is 23.4 Å². The van der Waals surface area contributed by atoms with E-state index in [1.165, 1.54) is 6.92 Å². The number of carbonyl (C=O) groups excluding carboxylic acids is 2. The lowest BCUT2D eigenvalue weighted by Gasteiger charge is -2.38. The topological polar surface area (TPSA) is 98.8 Å². The first-order chi connectivity index (χ1) is 16.2. The third kappa shape index (κ3) is 5.81. The van der Waals surface area contributed by atoms with Gasteiger partial charge in [0.05, 0.1) is 18.1 Å². The van der Waals surface area contributed by atoms with Gasteiger partial charge in [0, 0.05) is 11.3 Å². The standard InChI is InChI=1S/C19H18F9NO6S/c1-2-34-13(30)15(7-9-36(32,33)10-8-15)29-12-5-3-11(4-6-12)16(18(23,24)25,19(26,27)28)35-14(31)17(20,21)22/h3-6,29H,2,7-10H2,1H3. The van der Waals surface area contributed by atoms with Crippen LogP contribution in [0.1, 0.15) is 25.3 Å². The summed E-state index contributed by atoms with van der Waals surface area (Å²) in [5.41, 5.74) is -9.55. The highest BCUT2D eigenvalue weighted by atomic mass is 32.2. The van der Waals surface area contributed by atoms with Gasteiger partial charge in [-0.3, -0.25) is 0 Å². The van der Waals surface area contributed by atoms with E-state index in [0.717, 1.165) is 0 Å². The number of hydrogen-bond donors (Lipinski definition) is 1. The molecule has 204 valence electrons. The molecule has 1 N–H and O–H groups in total. The van der Waals surface area contributed by atoms with Crippen LogP contribution < -0.4 is 5.32 Å². The number of nitrogens with one attached hydrogen (secondary N) is 1. The molecule has 0 unspecified atom stereocenters. The number of esters is 2. The van der Waals surface area contributed by atoms with Crippen molar-refractivity contribution in [1.82, 2.24) is 0 Å². The Morgan fingerprint density at radius 1 is 0.917 bits per heavy atom. The number of sulfone groups is 1. The summed E-state index contributed by atoms with van der Waals surface area (Å²) in [6.07, 6.45) is -20.0. The average molecular weight is 559 g/mol. The number of carbonyl (C=O) groups is 2. The Labute approximate surface area is 197 Å². The van der Waals surface area contributed by atoms with Gasteiger partial charge in [0.15, 0.2) is 9.84 Å². The maximum atomic E-state index is 13.6. The molecule has 0 aliphatic carbocycles. The van der Waals surface area contributed by atoms with Gasteiger partial charge < -0.3 is 14.8 Å². The van der Waals surface area contributed by atoms with Gasteiger partial charge in [-0.25, -0.2) is 18.0 Å². The molecule has 0 radical (unpaired) electrons. The maximum absolute atomic E-state index is 13.6. The number of hydrogen-bond acceptors (Lipinski definition) is 7. The Balaban J connectivity index is 2.53. The van der Waals surface area contributed by atoms with Gasteiger partial charge in [-0.1, -0.05) is 12.1 Å². The highest BCUT2D eigenvalue weighted by Crippen LogP contribution is 2.53. The predicted molar refractivity (Wildman–Crippen MR) is 103 cm³/mol. The normalized spacial score (nSPS) is 18.3. The molecule has 1 aromatic carbocycles. The summed E-state index contributed by atoms with van der Waals surface area (Å²) in [5, 5.41) is 2.55. The molecule has 1 fully saturated rings. The van der Waals surface area contributed by atoms with Crippen LogP contribution in [0.15, 0.2) is 24.3 Å².